The van der Waals surface area contributed by atoms with Crippen molar-refractivity contribution in [3.63, 3.8) is 0 Å². The molecular weight excluding hydrogens is 480 g/mol. The second-order valence-electron chi connectivity index (χ2n) is 8.51. The van der Waals surface area contributed by atoms with E-state index in [1.165, 1.54) is 33.7 Å². The van der Waals surface area contributed by atoms with Crippen molar-refractivity contribution in [2.75, 3.05) is 31.1 Å². The smallest absolute Gasteiger partial charge is 0.269 e. The maximum atomic E-state index is 11.2. The molecule has 1 atom stereocenters. The number of thiazole rings is 1. The number of rotatable bonds is 6. The molecule has 36 heavy (non-hydrogen) atoms. The standard InChI is InChI=1S/C25H22N6O4S/c32-24-22(36-25-26-23(27-30(24)25)20-7-4-16-35-20)21(17-8-10-19(11-9-17)31(33)34)29-14-12-28(13-15-29)18-5-2-1-3-6-18/h1-11,16,21,32H,12-15H2. The topological polar surface area (TPSA) is 113 Å². The molecule has 0 amide bonds. The molecule has 1 unspecified atom stereocenters. The summed E-state index contributed by atoms with van der Waals surface area (Å²) in [5.41, 5.74) is 2.07. The van der Waals surface area contributed by atoms with Crippen LogP contribution in [0.5, 0.6) is 5.88 Å². The molecule has 0 spiro atoms. The predicted octanol–water partition coefficient (Wildman–Crippen LogP) is 4.58. The second kappa shape index (κ2) is 9.10. The quantitative estimate of drug-likeness (QED) is 0.265. The van der Waals surface area contributed by atoms with E-state index in [9.17, 15) is 15.2 Å². The Bertz CT molecular complexity index is 1490. The van der Waals surface area contributed by atoms with Crippen LogP contribution in [-0.2, 0) is 0 Å². The fourth-order valence-electron chi connectivity index (χ4n) is 4.62. The van der Waals surface area contributed by atoms with Gasteiger partial charge in [-0.15, -0.1) is 5.10 Å². The highest BCUT2D eigenvalue weighted by Crippen LogP contribution is 2.41. The number of hydrogen-bond donors (Lipinski definition) is 1. The molecule has 182 valence electrons. The summed E-state index contributed by atoms with van der Waals surface area (Å²) < 4.78 is 6.82. The van der Waals surface area contributed by atoms with Gasteiger partial charge in [0.15, 0.2) is 5.76 Å². The van der Waals surface area contributed by atoms with Gasteiger partial charge >= 0.3 is 0 Å². The number of nitro groups is 1. The Balaban J connectivity index is 1.35. The molecule has 11 heteroatoms. The molecule has 1 aliphatic heterocycles. The van der Waals surface area contributed by atoms with E-state index in [0.717, 1.165) is 31.7 Å². The zero-order valence-corrected chi connectivity index (χ0v) is 19.9. The molecule has 4 heterocycles. The van der Waals surface area contributed by atoms with Gasteiger partial charge in [0, 0.05) is 44.0 Å². The van der Waals surface area contributed by atoms with Crippen molar-refractivity contribution >= 4 is 27.7 Å². The number of fused-ring (bicyclic) bond motifs is 1. The maximum absolute atomic E-state index is 11.2. The Morgan fingerprint density at radius 3 is 2.39 bits per heavy atom. The first-order valence-corrected chi connectivity index (χ1v) is 12.3. The van der Waals surface area contributed by atoms with Gasteiger partial charge in [0.25, 0.3) is 5.69 Å². The number of nitro benzene ring substituents is 1. The number of aromatic hydroxyl groups is 1. The average molecular weight is 503 g/mol. The van der Waals surface area contributed by atoms with E-state index in [2.05, 4.69) is 32.0 Å². The van der Waals surface area contributed by atoms with E-state index >= 15 is 0 Å². The lowest BCUT2D eigenvalue weighted by Gasteiger charge is -2.40. The molecule has 1 aliphatic rings. The SMILES string of the molecule is O=[N+]([O-])c1ccc(C(c2sc3nc(-c4ccco4)nn3c2O)N2CCN(c3ccccc3)CC2)cc1. The van der Waals surface area contributed by atoms with E-state index in [-0.39, 0.29) is 17.6 Å². The van der Waals surface area contributed by atoms with Crippen molar-refractivity contribution < 1.29 is 14.4 Å². The van der Waals surface area contributed by atoms with Crippen molar-refractivity contribution in [3.05, 3.63) is 93.5 Å². The Hall–Kier alpha value is -4.22. The minimum Gasteiger partial charge on any atom is -0.492 e. The summed E-state index contributed by atoms with van der Waals surface area (Å²) in [6.45, 7) is 3.14. The van der Waals surface area contributed by atoms with E-state index in [0.29, 0.717) is 21.4 Å². The van der Waals surface area contributed by atoms with Gasteiger partial charge in [0.05, 0.1) is 22.1 Å². The summed E-state index contributed by atoms with van der Waals surface area (Å²) >= 11 is 1.35. The minimum absolute atomic E-state index is 0.00847. The predicted molar refractivity (Wildman–Crippen MR) is 135 cm³/mol. The lowest BCUT2D eigenvalue weighted by Crippen LogP contribution is -2.47. The van der Waals surface area contributed by atoms with Gasteiger partial charge in [-0.2, -0.15) is 9.50 Å². The molecule has 0 aliphatic carbocycles. The van der Waals surface area contributed by atoms with Gasteiger partial charge in [-0.05, 0) is 29.8 Å². The van der Waals surface area contributed by atoms with Crippen molar-refractivity contribution in [1.82, 2.24) is 19.5 Å². The van der Waals surface area contributed by atoms with Crippen LogP contribution in [0, 0.1) is 10.1 Å². The first-order chi connectivity index (χ1) is 17.6. The summed E-state index contributed by atoms with van der Waals surface area (Å²) in [5, 5.41) is 26.9. The molecule has 1 fully saturated rings. The summed E-state index contributed by atoms with van der Waals surface area (Å²) in [4.78, 5) is 21.2. The highest BCUT2D eigenvalue weighted by Gasteiger charge is 2.32. The number of piperazine rings is 1. The monoisotopic (exact) mass is 502 g/mol. The van der Waals surface area contributed by atoms with Crippen LogP contribution in [0.15, 0.2) is 77.4 Å². The van der Waals surface area contributed by atoms with Crippen LogP contribution in [0.25, 0.3) is 16.5 Å². The third-order valence-corrected chi connectivity index (χ3v) is 7.48. The number of hydrogen-bond acceptors (Lipinski definition) is 9. The number of para-hydroxylation sites is 1. The molecule has 0 bridgehead atoms. The zero-order chi connectivity index (χ0) is 24.6. The Morgan fingerprint density at radius 2 is 1.75 bits per heavy atom. The molecule has 0 saturated carbocycles. The number of furan rings is 1. The molecule has 2 aromatic carbocycles. The number of aromatic nitrogens is 3. The van der Waals surface area contributed by atoms with E-state index in [1.54, 1.807) is 30.5 Å². The number of benzene rings is 2. The van der Waals surface area contributed by atoms with Gasteiger partial charge < -0.3 is 14.4 Å². The van der Waals surface area contributed by atoms with Crippen LogP contribution in [0.4, 0.5) is 11.4 Å². The van der Waals surface area contributed by atoms with Crippen LogP contribution >= 0.6 is 11.3 Å². The molecule has 10 nitrogen and oxygen atoms in total. The van der Waals surface area contributed by atoms with E-state index < -0.39 is 4.92 Å². The Kier molecular flexibility index (Phi) is 5.62. The van der Waals surface area contributed by atoms with E-state index in [1.807, 2.05) is 18.2 Å². The average Bonchev–Trinajstić information content (AvgIpc) is 3.65. The van der Waals surface area contributed by atoms with Gasteiger partial charge in [-0.3, -0.25) is 15.0 Å². The first-order valence-electron chi connectivity index (χ1n) is 11.5. The van der Waals surface area contributed by atoms with Crippen molar-refractivity contribution in [1.29, 1.82) is 0 Å². The number of anilines is 1. The van der Waals surface area contributed by atoms with Crippen LogP contribution in [0.3, 0.4) is 0 Å². The van der Waals surface area contributed by atoms with Crippen molar-refractivity contribution in [3.8, 4) is 17.5 Å². The normalized spacial score (nSPS) is 15.4. The van der Waals surface area contributed by atoms with Crippen molar-refractivity contribution in [2.45, 2.75) is 6.04 Å². The third-order valence-electron chi connectivity index (χ3n) is 6.41. The van der Waals surface area contributed by atoms with Crippen LogP contribution < -0.4 is 4.90 Å². The molecular formula is C25H22N6O4S. The highest BCUT2D eigenvalue weighted by molar-refractivity contribution is 7.17. The lowest BCUT2D eigenvalue weighted by atomic mass is 10.0. The van der Waals surface area contributed by atoms with Gasteiger partial charge in [-0.1, -0.05) is 41.7 Å². The third kappa shape index (κ3) is 3.97. The van der Waals surface area contributed by atoms with Crippen molar-refractivity contribution in [2.24, 2.45) is 0 Å². The number of non-ortho nitro benzene ring substituents is 1. The molecule has 5 aromatic rings. The molecule has 0 radical (unpaired) electrons. The maximum Gasteiger partial charge on any atom is 0.269 e. The number of nitrogens with zero attached hydrogens (tertiary/aromatic N) is 6. The van der Waals surface area contributed by atoms with Gasteiger partial charge in [0.2, 0.25) is 16.7 Å². The van der Waals surface area contributed by atoms with Crippen LogP contribution in [0.1, 0.15) is 16.5 Å². The fourth-order valence-corrected chi connectivity index (χ4v) is 5.74. The van der Waals surface area contributed by atoms with Crippen LogP contribution in [-0.4, -0.2) is 55.7 Å². The fraction of sp³-hybridized carbons (Fsp3) is 0.200. The summed E-state index contributed by atoms with van der Waals surface area (Å²) in [5.74, 6) is 0.932. The molecule has 6 rings (SSSR count). The van der Waals surface area contributed by atoms with Gasteiger partial charge in [-0.25, -0.2) is 0 Å². The largest absolute Gasteiger partial charge is 0.492 e. The molecule has 3 aromatic heterocycles. The summed E-state index contributed by atoms with van der Waals surface area (Å²) in [7, 11) is 0. The lowest BCUT2D eigenvalue weighted by molar-refractivity contribution is -0.384. The zero-order valence-electron chi connectivity index (χ0n) is 19.1. The molecule has 1 saturated heterocycles. The van der Waals surface area contributed by atoms with E-state index in [4.69, 9.17) is 4.42 Å². The van der Waals surface area contributed by atoms with Gasteiger partial charge in [0.1, 0.15) is 0 Å². The Labute approximate surface area is 209 Å². The second-order valence-corrected chi connectivity index (χ2v) is 9.52. The first kappa shape index (κ1) is 22.3. The highest BCUT2D eigenvalue weighted by atomic mass is 32.1. The Morgan fingerprint density at radius 1 is 1.00 bits per heavy atom. The molecule has 1 N–H and O–H groups in total. The minimum atomic E-state index is -0.409. The summed E-state index contributed by atoms with van der Waals surface area (Å²) in [6.07, 6.45) is 1.55. The summed E-state index contributed by atoms with van der Waals surface area (Å²) in [6, 6.07) is 20.0. The van der Waals surface area contributed by atoms with Crippen LogP contribution in [0.2, 0.25) is 0 Å².